The highest BCUT2D eigenvalue weighted by Crippen LogP contribution is 2.52. The molecule has 6 atom stereocenters. The van der Waals surface area contributed by atoms with Crippen LogP contribution >= 0.6 is 0 Å². The third-order valence-electron chi connectivity index (χ3n) is 7.62. The Labute approximate surface area is 140 Å². The molecule has 23 heavy (non-hydrogen) atoms. The Hall–Kier alpha value is -1.24. The standard InChI is InChI=1S/C22H30O/c1-11-12(2)18-8-7-17(11)15(5)19(18)9-10-20-16(6)21-13(3)14(4)22(20)23-21/h7-8,11-12,15,17-19H,9-10H2,1-6H3. The number of hydrogen-bond donors (Lipinski definition) is 0. The molecule has 3 aliphatic rings. The first-order chi connectivity index (χ1) is 10.9. The van der Waals surface area contributed by atoms with Crippen LogP contribution in [0, 0.1) is 56.3 Å². The van der Waals surface area contributed by atoms with E-state index in [1.54, 1.807) is 0 Å². The van der Waals surface area contributed by atoms with E-state index in [0.717, 1.165) is 41.1 Å². The zero-order valence-electron chi connectivity index (χ0n) is 15.4. The van der Waals surface area contributed by atoms with Crippen molar-refractivity contribution in [2.45, 2.75) is 54.4 Å². The number of hydrogen-bond acceptors (Lipinski definition) is 1. The van der Waals surface area contributed by atoms with Crippen LogP contribution in [-0.2, 0) is 6.42 Å². The van der Waals surface area contributed by atoms with Crippen LogP contribution in [0.25, 0.3) is 11.2 Å². The highest BCUT2D eigenvalue weighted by molar-refractivity contribution is 5.79. The van der Waals surface area contributed by atoms with E-state index in [-0.39, 0.29) is 0 Å². The average Bonchev–Trinajstić information content (AvgIpc) is 3.00. The SMILES string of the molecule is Cc1c(C)c2oc1c(C)c2CCC1C(C)C2C=CC1C(C)C2C. The fraction of sp³-hybridized carbons (Fsp3) is 0.636. The number of furan rings is 2. The van der Waals surface area contributed by atoms with Gasteiger partial charge in [0.25, 0.3) is 0 Å². The predicted octanol–water partition coefficient (Wildman–Crippen LogP) is 6.07. The quantitative estimate of drug-likeness (QED) is 0.627. The van der Waals surface area contributed by atoms with Crippen molar-refractivity contribution in [3.63, 3.8) is 0 Å². The number of fused-ring (bicyclic) bond motifs is 4. The first kappa shape index (κ1) is 15.3. The lowest BCUT2D eigenvalue weighted by atomic mass is 9.53. The summed E-state index contributed by atoms with van der Waals surface area (Å²) in [5.74, 6) is 4.92. The van der Waals surface area contributed by atoms with Crippen molar-refractivity contribution in [2.75, 3.05) is 0 Å². The van der Waals surface area contributed by atoms with Gasteiger partial charge in [0.1, 0.15) is 11.2 Å². The second-order valence-corrected chi connectivity index (χ2v) is 8.43. The molecule has 1 heteroatoms. The fourth-order valence-corrected chi connectivity index (χ4v) is 5.75. The maximum Gasteiger partial charge on any atom is 0.134 e. The maximum atomic E-state index is 6.06. The van der Waals surface area contributed by atoms with Crippen LogP contribution in [0.2, 0.25) is 0 Å². The summed E-state index contributed by atoms with van der Waals surface area (Å²) in [6, 6.07) is 0. The van der Waals surface area contributed by atoms with Crippen molar-refractivity contribution in [1.29, 1.82) is 0 Å². The van der Waals surface area contributed by atoms with Crippen LogP contribution in [0.4, 0.5) is 0 Å². The van der Waals surface area contributed by atoms with Crippen LogP contribution in [-0.4, -0.2) is 0 Å². The second kappa shape index (κ2) is 5.13. The minimum absolute atomic E-state index is 0.779. The summed E-state index contributed by atoms with van der Waals surface area (Å²) in [4.78, 5) is 0. The van der Waals surface area contributed by atoms with E-state index in [1.165, 1.54) is 40.7 Å². The van der Waals surface area contributed by atoms with Gasteiger partial charge >= 0.3 is 0 Å². The van der Waals surface area contributed by atoms with Gasteiger partial charge in [0.2, 0.25) is 0 Å². The Balaban J connectivity index is 1.57. The molecule has 0 N–H and O–H groups in total. The monoisotopic (exact) mass is 310 g/mol. The summed E-state index contributed by atoms with van der Waals surface area (Å²) in [5, 5.41) is 0. The van der Waals surface area contributed by atoms with Crippen LogP contribution in [0.15, 0.2) is 16.6 Å². The van der Waals surface area contributed by atoms with E-state index in [2.05, 4.69) is 53.7 Å². The molecule has 0 aromatic carbocycles. The third-order valence-corrected chi connectivity index (χ3v) is 7.62. The molecule has 1 saturated carbocycles. The number of allylic oxidation sites excluding steroid dienone is 2. The molecule has 124 valence electrons. The minimum atomic E-state index is 0.779. The van der Waals surface area contributed by atoms with Gasteiger partial charge < -0.3 is 4.42 Å². The second-order valence-electron chi connectivity index (χ2n) is 8.43. The molecule has 1 nitrogen and oxygen atoms in total. The number of benzene rings is 1. The third kappa shape index (κ3) is 1.98. The van der Waals surface area contributed by atoms with E-state index >= 15 is 0 Å². The summed E-state index contributed by atoms with van der Waals surface area (Å²) in [7, 11) is 0. The first-order valence-corrected chi connectivity index (χ1v) is 9.40. The molecular formula is C22H30O. The predicted molar refractivity (Wildman–Crippen MR) is 97.0 cm³/mol. The largest absolute Gasteiger partial charge is 0.456 e. The van der Waals surface area contributed by atoms with Gasteiger partial charge in [0, 0.05) is 5.56 Å². The lowest BCUT2D eigenvalue weighted by Gasteiger charge is -2.51. The van der Waals surface area contributed by atoms with Gasteiger partial charge in [0.05, 0.1) is 0 Å². The van der Waals surface area contributed by atoms with Crippen molar-refractivity contribution in [1.82, 2.24) is 0 Å². The van der Waals surface area contributed by atoms with Gasteiger partial charge in [-0.05, 0) is 85.8 Å². The fourth-order valence-electron chi connectivity index (χ4n) is 5.75. The Morgan fingerprint density at radius 2 is 1.39 bits per heavy atom. The van der Waals surface area contributed by atoms with Crippen LogP contribution in [0.3, 0.4) is 0 Å². The molecule has 6 unspecified atom stereocenters. The van der Waals surface area contributed by atoms with Crippen molar-refractivity contribution in [2.24, 2.45) is 35.5 Å². The van der Waals surface area contributed by atoms with Crippen molar-refractivity contribution >= 4 is 11.2 Å². The van der Waals surface area contributed by atoms with Gasteiger partial charge in [-0.3, -0.25) is 0 Å². The molecular weight excluding hydrogens is 280 g/mol. The van der Waals surface area contributed by atoms with Gasteiger partial charge in [-0.15, -0.1) is 0 Å². The van der Waals surface area contributed by atoms with Gasteiger partial charge in [-0.2, -0.15) is 0 Å². The van der Waals surface area contributed by atoms with E-state index in [0.29, 0.717) is 0 Å². The summed E-state index contributed by atoms with van der Waals surface area (Å²) >= 11 is 0. The minimum Gasteiger partial charge on any atom is -0.456 e. The normalized spacial score (nSPS) is 36.4. The Morgan fingerprint density at radius 1 is 0.783 bits per heavy atom. The van der Waals surface area contributed by atoms with E-state index in [9.17, 15) is 0 Å². The zero-order valence-corrected chi connectivity index (χ0v) is 15.4. The zero-order chi connectivity index (χ0) is 16.5. The molecule has 0 radical (unpaired) electrons. The molecule has 3 aliphatic carbocycles. The maximum absolute atomic E-state index is 6.06. The first-order valence-electron chi connectivity index (χ1n) is 9.40. The summed E-state index contributed by atoms with van der Waals surface area (Å²) < 4.78 is 6.06. The summed E-state index contributed by atoms with van der Waals surface area (Å²) in [6.45, 7) is 14.1. The van der Waals surface area contributed by atoms with Crippen molar-refractivity contribution in [3.05, 3.63) is 34.4 Å². The summed E-state index contributed by atoms with van der Waals surface area (Å²) in [6.07, 6.45) is 7.55. The van der Waals surface area contributed by atoms with Gasteiger partial charge in [0.15, 0.2) is 0 Å². The molecule has 5 rings (SSSR count). The van der Waals surface area contributed by atoms with Crippen LogP contribution < -0.4 is 0 Å². The van der Waals surface area contributed by atoms with E-state index in [1.807, 2.05) is 0 Å². The Bertz CT molecular complexity index is 749. The van der Waals surface area contributed by atoms with E-state index in [4.69, 9.17) is 4.42 Å². The molecule has 2 heterocycles. The van der Waals surface area contributed by atoms with Crippen molar-refractivity contribution < 1.29 is 4.42 Å². The van der Waals surface area contributed by atoms with Crippen LogP contribution in [0.5, 0.6) is 0 Å². The molecule has 2 aromatic heterocycles. The number of aryl methyl sites for hydroxylation is 4. The lowest BCUT2D eigenvalue weighted by Crippen LogP contribution is -2.45. The molecule has 0 aliphatic heterocycles. The average molecular weight is 310 g/mol. The molecule has 2 aromatic rings. The van der Waals surface area contributed by atoms with Crippen molar-refractivity contribution in [3.8, 4) is 0 Å². The molecule has 4 bridgehead atoms. The summed E-state index contributed by atoms with van der Waals surface area (Å²) in [5.41, 5.74) is 7.92. The topological polar surface area (TPSA) is 13.1 Å². The molecule has 0 amide bonds. The van der Waals surface area contributed by atoms with Gasteiger partial charge in [-0.1, -0.05) is 32.9 Å². The highest BCUT2D eigenvalue weighted by atomic mass is 16.3. The van der Waals surface area contributed by atoms with E-state index < -0.39 is 0 Å². The molecule has 0 saturated heterocycles. The molecule has 1 fully saturated rings. The Kier molecular flexibility index (Phi) is 3.41. The smallest absolute Gasteiger partial charge is 0.134 e. The lowest BCUT2D eigenvalue weighted by molar-refractivity contribution is 0.0285. The van der Waals surface area contributed by atoms with Gasteiger partial charge in [-0.25, -0.2) is 0 Å². The number of rotatable bonds is 3. The van der Waals surface area contributed by atoms with Crippen LogP contribution in [0.1, 0.15) is 49.4 Å². The Morgan fingerprint density at radius 3 is 2.09 bits per heavy atom. The molecule has 0 spiro atoms. The highest BCUT2D eigenvalue weighted by Gasteiger charge is 2.45.